The van der Waals surface area contributed by atoms with Crippen molar-refractivity contribution in [3.8, 4) is 5.75 Å². The molecule has 0 aliphatic heterocycles. The van der Waals surface area contributed by atoms with Crippen LogP contribution in [0.15, 0.2) is 10.3 Å². The molecule has 0 amide bonds. The van der Waals surface area contributed by atoms with Gasteiger partial charge in [-0.2, -0.15) is 8.42 Å². The number of thiophene rings is 1. The van der Waals surface area contributed by atoms with Gasteiger partial charge < -0.3 is 9.47 Å². The fourth-order valence-corrected chi connectivity index (χ4v) is 2.74. The third kappa shape index (κ3) is 2.46. The molecule has 0 radical (unpaired) electrons. The number of hydrogen-bond donors (Lipinski definition) is 1. The van der Waals surface area contributed by atoms with Gasteiger partial charge in [0, 0.05) is 6.07 Å². The van der Waals surface area contributed by atoms with Crippen LogP contribution in [0.4, 0.5) is 0 Å². The summed E-state index contributed by atoms with van der Waals surface area (Å²) in [6.45, 7) is 0. The zero-order chi connectivity index (χ0) is 11.6. The first kappa shape index (κ1) is 12.0. The molecule has 1 aromatic rings. The topological polar surface area (TPSA) is 89.9 Å². The van der Waals surface area contributed by atoms with Crippen LogP contribution in [0.1, 0.15) is 9.67 Å². The van der Waals surface area contributed by atoms with Gasteiger partial charge in [0.1, 0.15) is 4.88 Å². The highest BCUT2D eigenvalue weighted by atomic mass is 32.3. The van der Waals surface area contributed by atoms with E-state index in [-0.39, 0.29) is 10.6 Å². The van der Waals surface area contributed by atoms with Crippen LogP contribution in [0, 0.1) is 0 Å². The van der Waals surface area contributed by atoms with E-state index in [0.29, 0.717) is 11.3 Å². The maximum Gasteiger partial charge on any atom is 0.348 e. The van der Waals surface area contributed by atoms with E-state index in [4.69, 9.17) is 9.29 Å². The summed E-state index contributed by atoms with van der Waals surface area (Å²) >= 11 is 0.586. The second kappa shape index (κ2) is 4.17. The van der Waals surface area contributed by atoms with E-state index < -0.39 is 20.3 Å². The lowest BCUT2D eigenvalue weighted by atomic mass is 10.4. The quantitative estimate of drug-likeness (QED) is 0.632. The number of hydrogen-bond acceptors (Lipinski definition) is 6. The van der Waals surface area contributed by atoms with Gasteiger partial charge >= 0.3 is 16.1 Å². The number of carbonyl (C=O) groups excluding carboxylic acids is 1. The Morgan fingerprint density at radius 1 is 1.47 bits per heavy atom. The van der Waals surface area contributed by atoms with E-state index in [9.17, 15) is 13.2 Å². The normalized spacial score (nSPS) is 11.1. The van der Waals surface area contributed by atoms with Crippen LogP contribution in [0.25, 0.3) is 0 Å². The van der Waals surface area contributed by atoms with Gasteiger partial charge in [0.15, 0.2) is 9.96 Å². The average Bonchev–Trinajstić information content (AvgIpc) is 2.59. The molecule has 0 aliphatic carbocycles. The predicted molar refractivity (Wildman–Crippen MR) is 52.0 cm³/mol. The molecular weight excluding hydrogens is 244 g/mol. The summed E-state index contributed by atoms with van der Waals surface area (Å²) in [7, 11) is -1.98. The van der Waals surface area contributed by atoms with Crippen LogP contribution in [0.2, 0.25) is 0 Å². The van der Waals surface area contributed by atoms with E-state index in [1.807, 2.05) is 0 Å². The van der Waals surface area contributed by atoms with Crippen LogP contribution in [-0.4, -0.2) is 33.2 Å². The largest absolute Gasteiger partial charge is 0.494 e. The van der Waals surface area contributed by atoms with Gasteiger partial charge in [0.25, 0.3) is 0 Å². The van der Waals surface area contributed by atoms with Gasteiger partial charge in [-0.15, -0.1) is 11.3 Å². The predicted octanol–water partition coefficient (Wildman–Crippen LogP) is 0.790. The van der Waals surface area contributed by atoms with E-state index >= 15 is 0 Å². The Balaban J connectivity index is 3.30. The SMILES string of the molecule is COC(=O)c1cc(OC)c(S(=O)(=O)O)s1. The molecule has 6 nitrogen and oxygen atoms in total. The van der Waals surface area contributed by atoms with Crippen molar-refractivity contribution in [3.63, 3.8) is 0 Å². The Bertz CT molecular complexity index is 472. The van der Waals surface area contributed by atoms with Crippen molar-refractivity contribution < 1.29 is 27.2 Å². The highest BCUT2D eigenvalue weighted by molar-refractivity contribution is 7.88. The molecule has 1 N–H and O–H groups in total. The Morgan fingerprint density at radius 3 is 2.40 bits per heavy atom. The Labute approximate surface area is 90.2 Å². The maximum absolute atomic E-state index is 11.1. The lowest BCUT2D eigenvalue weighted by Crippen LogP contribution is -1.97. The number of rotatable bonds is 3. The van der Waals surface area contributed by atoms with Gasteiger partial charge in [-0.05, 0) is 0 Å². The highest BCUT2D eigenvalue weighted by Crippen LogP contribution is 2.33. The monoisotopic (exact) mass is 252 g/mol. The summed E-state index contributed by atoms with van der Waals surface area (Å²) in [5.74, 6) is -0.767. The summed E-state index contributed by atoms with van der Waals surface area (Å²) in [6.07, 6.45) is 0. The molecule has 0 bridgehead atoms. The maximum atomic E-state index is 11.1. The fourth-order valence-electron chi connectivity index (χ4n) is 0.881. The zero-order valence-corrected chi connectivity index (χ0v) is 9.52. The molecule has 0 aliphatic rings. The Hall–Kier alpha value is -1.12. The van der Waals surface area contributed by atoms with Crippen molar-refractivity contribution in [1.82, 2.24) is 0 Å². The fraction of sp³-hybridized carbons (Fsp3) is 0.286. The molecule has 8 heteroatoms. The third-order valence-electron chi connectivity index (χ3n) is 1.51. The summed E-state index contributed by atoms with van der Waals surface area (Å²) in [6, 6.07) is 1.19. The second-order valence-electron chi connectivity index (χ2n) is 2.43. The van der Waals surface area contributed by atoms with Crippen molar-refractivity contribution in [3.05, 3.63) is 10.9 Å². The van der Waals surface area contributed by atoms with Crippen LogP contribution in [-0.2, 0) is 14.9 Å². The molecule has 0 spiro atoms. The number of esters is 1. The minimum Gasteiger partial charge on any atom is -0.494 e. The van der Waals surface area contributed by atoms with E-state index in [1.54, 1.807) is 0 Å². The van der Waals surface area contributed by atoms with Crippen LogP contribution in [0.3, 0.4) is 0 Å². The first-order valence-corrected chi connectivity index (χ1v) is 5.89. The number of carbonyl (C=O) groups is 1. The molecule has 1 rings (SSSR count). The van der Waals surface area contributed by atoms with Gasteiger partial charge in [0.05, 0.1) is 14.2 Å². The van der Waals surface area contributed by atoms with E-state index in [2.05, 4.69) is 4.74 Å². The molecule has 0 saturated heterocycles. The van der Waals surface area contributed by atoms with Gasteiger partial charge in [-0.25, -0.2) is 4.79 Å². The molecular formula is C7H8O6S2. The Morgan fingerprint density at radius 2 is 2.07 bits per heavy atom. The van der Waals surface area contributed by atoms with Gasteiger partial charge in [-0.3, -0.25) is 4.55 Å². The minimum absolute atomic E-state index is 0.0435. The molecule has 0 saturated carbocycles. The first-order chi connectivity index (χ1) is 6.90. The van der Waals surface area contributed by atoms with Crippen molar-refractivity contribution >= 4 is 27.4 Å². The van der Waals surface area contributed by atoms with E-state index in [1.165, 1.54) is 20.3 Å². The highest BCUT2D eigenvalue weighted by Gasteiger charge is 2.23. The van der Waals surface area contributed by atoms with E-state index in [0.717, 1.165) is 0 Å². The van der Waals surface area contributed by atoms with Crippen molar-refractivity contribution in [2.75, 3.05) is 14.2 Å². The first-order valence-electron chi connectivity index (χ1n) is 3.63. The number of methoxy groups -OCH3 is 2. The molecule has 1 aromatic heterocycles. The summed E-state index contributed by atoms with van der Waals surface area (Å²) in [4.78, 5) is 11.1. The van der Waals surface area contributed by atoms with Crippen LogP contribution >= 0.6 is 11.3 Å². The summed E-state index contributed by atoms with van der Waals surface area (Å²) < 4.78 is 39.3. The zero-order valence-electron chi connectivity index (χ0n) is 7.88. The van der Waals surface area contributed by atoms with Crippen molar-refractivity contribution in [2.45, 2.75) is 4.21 Å². The molecule has 15 heavy (non-hydrogen) atoms. The molecule has 0 atom stereocenters. The van der Waals surface area contributed by atoms with Crippen molar-refractivity contribution in [2.24, 2.45) is 0 Å². The average molecular weight is 252 g/mol. The van der Waals surface area contributed by atoms with Crippen molar-refractivity contribution in [1.29, 1.82) is 0 Å². The smallest absolute Gasteiger partial charge is 0.348 e. The lowest BCUT2D eigenvalue weighted by Gasteiger charge is -1.96. The standard InChI is InChI=1S/C7H8O6S2/c1-12-4-3-5(6(8)13-2)14-7(4)15(9,10)11/h3H,1-2H3,(H,9,10,11). The molecule has 0 aromatic carbocycles. The Kier molecular flexibility index (Phi) is 3.32. The molecule has 0 unspecified atom stereocenters. The summed E-state index contributed by atoms with van der Waals surface area (Å²) in [5.41, 5.74) is 0. The van der Waals surface area contributed by atoms with Crippen LogP contribution in [0.5, 0.6) is 5.75 Å². The minimum atomic E-state index is -4.38. The molecule has 0 fully saturated rings. The van der Waals surface area contributed by atoms with Crippen LogP contribution < -0.4 is 4.74 Å². The molecule has 1 heterocycles. The second-order valence-corrected chi connectivity index (χ2v) is 5.10. The lowest BCUT2D eigenvalue weighted by molar-refractivity contribution is 0.0606. The summed E-state index contributed by atoms with van der Waals surface area (Å²) in [5, 5.41) is 0. The molecule has 84 valence electrons. The third-order valence-corrected chi connectivity index (χ3v) is 3.95. The van der Waals surface area contributed by atoms with Gasteiger partial charge in [0.2, 0.25) is 0 Å². The van der Waals surface area contributed by atoms with Gasteiger partial charge in [-0.1, -0.05) is 0 Å². The number of ether oxygens (including phenoxy) is 2.